The van der Waals surface area contributed by atoms with E-state index in [0.29, 0.717) is 96.3 Å². The number of pyridine rings is 1. The summed E-state index contributed by atoms with van der Waals surface area (Å²) in [5.74, 6) is -9.47. The summed E-state index contributed by atoms with van der Waals surface area (Å²) in [6.45, 7) is 12.7. The Kier molecular flexibility index (Phi) is 34.3. The number of nitrogens with one attached hydrogen (secondary N) is 12. The van der Waals surface area contributed by atoms with E-state index in [2.05, 4.69) is 68.8 Å². The Labute approximate surface area is 674 Å². The SMILES string of the molecule is CC(=O)Nc1ccc(C[C@H](NC(=O)[C@H](CO)NC(=O)[C@@H](Cc2cccnc2)NC(=O)[C@@H](Cc2ccc(Cl)cc2)NC(=O)[C@@H](Cc2ccc3ccccc3c2)NC(C)=O)C(=O)N[C@H](Cc2ccc(NC(=O)N3CCOCC3)cc2)C(=O)N[C@@H](CC(C)C)C(=O)N[C@@H](CCCCNC(C)C)C(=O)N2CCC[C@H]2C(=O)N[C@H](C)C(N)=O)cc1. The molecule has 616 valence electrons. The molecule has 0 aliphatic carbocycles. The highest BCUT2D eigenvalue weighted by Gasteiger charge is 2.41. The Hall–Kier alpha value is -11.4. The van der Waals surface area contributed by atoms with Crippen LogP contribution in [0.25, 0.3) is 10.8 Å². The van der Waals surface area contributed by atoms with Gasteiger partial charge in [0.25, 0.3) is 0 Å². The zero-order chi connectivity index (χ0) is 83.3. The second kappa shape index (κ2) is 44.3. The van der Waals surface area contributed by atoms with Crippen LogP contribution in [0.3, 0.4) is 0 Å². The summed E-state index contributed by atoms with van der Waals surface area (Å²) in [5.41, 5.74) is 8.78. The van der Waals surface area contributed by atoms with Crippen LogP contribution in [0.2, 0.25) is 5.02 Å². The van der Waals surface area contributed by atoms with E-state index in [0.717, 1.165) is 10.8 Å². The number of nitrogens with two attached hydrogens (primary N) is 1. The van der Waals surface area contributed by atoms with Gasteiger partial charge in [-0.15, -0.1) is 0 Å². The van der Waals surface area contributed by atoms with Crippen LogP contribution in [0.4, 0.5) is 16.2 Å². The van der Waals surface area contributed by atoms with Crippen LogP contribution in [-0.2, 0) is 94.4 Å². The summed E-state index contributed by atoms with van der Waals surface area (Å²) in [6, 6.07) is 21.6. The lowest BCUT2D eigenvalue weighted by atomic mass is 9.99. The van der Waals surface area contributed by atoms with Gasteiger partial charge in [-0.25, -0.2) is 4.79 Å². The summed E-state index contributed by atoms with van der Waals surface area (Å²) >= 11 is 6.27. The number of aliphatic hydroxyl groups excluding tert-OH is 1. The van der Waals surface area contributed by atoms with Gasteiger partial charge >= 0.3 is 6.03 Å². The summed E-state index contributed by atoms with van der Waals surface area (Å²) < 4.78 is 5.42. The Bertz CT molecular complexity index is 4340. The number of carbonyl (C=O) groups excluding carboxylic acids is 13. The number of aliphatic hydroxyl groups is 1. The third kappa shape index (κ3) is 28.6. The smallest absolute Gasteiger partial charge is 0.321 e. The van der Waals surface area contributed by atoms with Crippen molar-refractivity contribution in [2.24, 2.45) is 11.7 Å². The van der Waals surface area contributed by atoms with E-state index in [1.165, 1.54) is 38.1 Å². The van der Waals surface area contributed by atoms with Crippen molar-refractivity contribution in [1.29, 1.82) is 0 Å². The summed E-state index contributed by atoms with van der Waals surface area (Å²) in [6.07, 6.45) is 3.87. The van der Waals surface area contributed by atoms with Gasteiger partial charge in [0.05, 0.1) is 19.8 Å². The van der Waals surface area contributed by atoms with Crippen LogP contribution < -0.4 is 69.5 Å². The van der Waals surface area contributed by atoms with Gasteiger partial charge in [0, 0.05) is 100 Å². The van der Waals surface area contributed by atoms with E-state index < -0.39 is 132 Å². The van der Waals surface area contributed by atoms with Crippen LogP contribution in [0.15, 0.2) is 140 Å². The third-order valence-electron chi connectivity index (χ3n) is 19.5. The highest BCUT2D eigenvalue weighted by atomic mass is 35.5. The first-order valence-electron chi connectivity index (χ1n) is 38.8. The largest absolute Gasteiger partial charge is 0.394 e. The van der Waals surface area contributed by atoms with Crippen LogP contribution in [-0.4, -0.2) is 209 Å². The van der Waals surface area contributed by atoms with E-state index in [1.54, 1.807) is 89.8 Å². The molecule has 31 nitrogen and oxygen atoms in total. The van der Waals surface area contributed by atoms with E-state index in [1.807, 2.05) is 70.2 Å². The van der Waals surface area contributed by atoms with Crippen molar-refractivity contribution in [3.63, 3.8) is 0 Å². The normalized spacial score (nSPS) is 15.7. The molecule has 0 radical (unpaired) electrons. The Balaban J connectivity index is 1.08. The number of amides is 14. The monoisotopic (exact) mass is 1600 g/mol. The van der Waals surface area contributed by atoms with Crippen LogP contribution >= 0.6 is 11.6 Å². The quantitative estimate of drug-likeness (QED) is 0.0245. The number of benzene rings is 5. The van der Waals surface area contributed by atoms with Gasteiger partial charge in [-0.2, -0.15) is 0 Å². The number of rotatable bonds is 40. The second-order valence-electron chi connectivity index (χ2n) is 29.7. The number of hydrogen-bond acceptors (Lipinski definition) is 17. The fourth-order valence-electron chi connectivity index (χ4n) is 13.4. The molecule has 115 heavy (non-hydrogen) atoms. The predicted molar refractivity (Wildman–Crippen MR) is 433 cm³/mol. The van der Waals surface area contributed by atoms with E-state index in [9.17, 15) is 53.1 Å². The third-order valence-corrected chi connectivity index (χ3v) is 19.8. The molecule has 10 atom stereocenters. The van der Waals surface area contributed by atoms with Gasteiger partial charge in [0.15, 0.2) is 0 Å². The Morgan fingerprint density at radius 1 is 0.513 bits per heavy atom. The van der Waals surface area contributed by atoms with Gasteiger partial charge < -0.3 is 89.2 Å². The zero-order valence-electron chi connectivity index (χ0n) is 65.9. The molecule has 2 fully saturated rings. The Morgan fingerprint density at radius 2 is 0.991 bits per heavy atom. The lowest BCUT2D eigenvalue weighted by molar-refractivity contribution is -0.142. The number of urea groups is 1. The first kappa shape index (κ1) is 89.1. The number of aromatic nitrogens is 1. The molecule has 8 rings (SSSR count). The maximum atomic E-state index is 15.4. The van der Waals surface area contributed by atoms with E-state index in [-0.39, 0.29) is 81.8 Å². The molecule has 0 spiro atoms. The molecular formula is C83H107ClN16O15. The van der Waals surface area contributed by atoms with Crippen LogP contribution in [0.5, 0.6) is 0 Å². The number of nitrogens with zero attached hydrogens (tertiary/aromatic N) is 3. The maximum absolute atomic E-state index is 15.4. The minimum atomic E-state index is -1.86. The van der Waals surface area contributed by atoms with Crippen molar-refractivity contribution in [3.8, 4) is 0 Å². The molecule has 32 heteroatoms. The van der Waals surface area contributed by atoms with Crippen LogP contribution in [0, 0.1) is 5.92 Å². The lowest BCUT2D eigenvalue weighted by Crippen LogP contribution is -2.62. The van der Waals surface area contributed by atoms with Crippen molar-refractivity contribution >= 4 is 111 Å². The topological polar surface area (TPSA) is 441 Å². The maximum Gasteiger partial charge on any atom is 0.321 e. The van der Waals surface area contributed by atoms with Gasteiger partial charge in [0.2, 0.25) is 70.9 Å². The second-order valence-corrected chi connectivity index (χ2v) is 30.2. The number of carbonyl (C=O) groups is 13. The number of ether oxygens (including phenoxy) is 1. The molecular weight excluding hydrogens is 1500 g/mol. The fourth-order valence-corrected chi connectivity index (χ4v) is 13.5. The van der Waals surface area contributed by atoms with Crippen molar-refractivity contribution < 1.29 is 72.2 Å². The highest BCUT2D eigenvalue weighted by molar-refractivity contribution is 6.30. The zero-order valence-corrected chi connectivity index (χ0v) is 66.7. The average molecular weight is 1600 g/mol. The summed E-state index contributed by atoms with van der Waals surface area (Å²) in [4.78, 5) is 191. The molecule has 3 heterocycles. The molecule has 14 amide bonds. The average Bonchev–Trinajstić information content (AvgIpc) is 1.76. The number of primary amides is 1. The first-order valence-corrected chi connectivity index (χ1v) is 39.2. The van der Waals surface area contributed by atoms with Crippen molar-refractivity contribution in [2.75, 3.05) is 56.6 Å². The molecule has 2 aliphatic heterocycles. The molecule has 15 N–H and O–H groups in total. The van der Waals surface area contributed by atoms with E-state index >= 15 is 14.4 Å². The predicted octanol–water partition coefficient (Wildman–Crippen LogP) is 3.31. The van der Waals surface area contributed by atoms with Gasteiger partial charge in [-0.3, -0.25) is 62.5 Å². The first-order chi connectivity index (χ1) is 55.0. The number of unbranched alkanes of at least 4 members (excludes halogenated alkanes) is 1. The number of fused-ring (bicyclic) bond motifs is 1. The molecule has 0 unspecified atom stereocenters. The molecule has 2 aliphatic rings. The highest BCUT2D eigenvalue weighted by Crippen LogP contribution is 2.24. The Morgan fingerprint density at radius 3 is 1.50 bits per heavy atom. The molecule has 0 saturated carbocycles. The molecule has 2 saturated heterocycles. The van der Waals surface area contributed by atoms with Gasteiger partial charge in [-0.1, -0.05) is 124 Å². The molecule has 6 aromatic rings. The van der Waals surface area contributed by atoms with Crippen molar-refractivity contribution in [1.82, 2.24) is 68.0 Å². The molecule has 1 aromatic heterocycles. The number of halogens is 1. The lowest BCUT2D eigenvalue weighted by Gasteiger charge is -2.31. The summed E-state index contributed by atoms with van der Waals surface area (Å²) in [5, 5.41) is 46.8. The number of hydrogen-bond donors (Lipinski definition) is 14. The summed E-state index contributed by atoms with van der Waals surface area (Å²) in [7, 11) is 0. The van der Waals surface area contributed by atoms with Crippen molar-refractivity contribution in [3.05, 3.63) is 173 Å². The van der Waals surface area contributed by atoms with Gasteiger partial charge in [-0.05, 0) is 139 Å². The van der Waals surface area contributed by atoms with E-state index in [4.69, 9.17) is 22.1 Å². The molecule has 5 aromatic carbocycles. The standard InChI is InChI=1S/C83H107ClN16O15/c1-49(2)40-65(74(105)92-64(17-10-11-34-87-50(3)4)82(113)100-35-13-18-72(100)81(112)88-51(5)73(85)104)93-76(107)68(43-56-24-31-63(32-25-56)91-83(114)99-36-38-115-39-37-99)95-78(109)69(44-55-22-29-62(30-23-55)89-52(6)102)97-80(111)71(48-101)98-79(110)70(46-58-14-12-33-86-47-58)96-77(108)67(42-54-20-27-61(84)28-21-54)94-75(106)66(90-53(7)103)45-57-19-26-59-15-8-9-16-60(59)41-57/h8-9,12,14-16,19-33,41,47,49-51,64-72,87,101H,10-11,13,17-18,34-40,42-46,48H2,1-7H3,(H2,85,104)(H,88,112)(H,89,102)(H,90,103)(H,91,114)(H,92,105)(H,93,107)(H,94,106)(H,95,109)(H,96,108)(H,97,111)(H,98,110)/t51-,64+,65+,66-,67-,68-,69+,70-,71+,72+/m1/s1. The fraction of sp³-hybridized carbons (Fsp3) is 0.446. The minimum Gasteiger partial charge on any atom is -0.394 e. The number of morpholine rings is 1. The molecule has 0 bridgehead atoms. The van der Waals surface area contributed by atoms with Crippen molar-refractivity contribution in [2.45, 2.75) is 186 Å². The van der Waals surface area contributed by atoms with Crippen LogP contribution in [0.1, 0.15) is 115 Å². The number of anilines is 2. The number of likely N-dealkylation sites (tertiary alicyclic amines) is 1. The minimum absolute atomic E-state index is 0.0111. The van der Waals surface area contributed by atoms with Gasteiger partial charge in [0.1, 0.15) is 60.4 Å².